The average molecular weight is 372 g/mol. The Balaban J connectivity index is 2.18. The molecule has 1 saturated carbocycles. The van der Waals surface area contributed by atoms with Gasteiger partial charge in [0.25, 0.3) is 0 Å². The number of nitrogens with one attached hydrogen (secondary N) is 1. The second-order valence-electron chi connectivity index (χ2n) is 5.63. The first-order valence-electron chi connectivity index (χ1n) is 7.04. The number of rotatable bonds is 5. The summed E-state index contributed by atoms with van der Waals surface area (Å²) in [6.07, 6.45) is 4.52. The Morgan fingerprint density at radius 2 is 2.14 bits per heavy atom. The molecule has 0 amide bonds. The molecule has 0 unspecified atom stereocenters. The minimum absolute atomic E-state index is 0.533. The van der Waals surface area contributed by atoms with Crippen molar-refractivity contribution < 1.29 is 8.42 Å². The highest BCUT2D eigenvalue weighted by atomic mass is 79.9. The van der Waals surface area contributed by atoms with E-state index in [9.17, 15) is 8.42 Å². The number of aryl methyl sites for hydroxylation is 1. The fraction of sp³-hybridized carbons (Fsp3) is 0.500. The number of anilines is 1. The van der Waals surface area contributed by atoms with Gasteiger partial charge in [0.05, 0.1) is 17.5 Å². The summed E-state index contributed by atoms with van der Waals surface area (Å²) < 4.78 is 28.7. The lowest BCUT2D eigenvalue weighted by Crippen LogP contribution is -2.10. The van der Waals surface area contributed by atoms with Gasteiger partial charge in [-0.05, 0) is 30.9 Å². The van der Waals surface area contributed by atoms with E-state index in [0.29, 0.717) is 5.69 Å². The number of imidazole rings is 1. The van der Waals surface area contributed by atoms with Crippen molar-refractivity contribution in [3.05, 3.63) is 22.4 Å². The summed E-state index contributed by atoms with van der Waals surface area (Å²) in [6, 6.07) is 3.77. The molecule has 114 valence electrons. The van der Waals surface area contributed by atoms with Crippen LogP contribution in [0.15, 0.2) is 16.6 Å². The minimum atomic E-state index is -3.33. The Labute approximate surface area is 132 Å². The summed E-state index contributed by atoms with van der Waals surface area (Å²) in [5, 5.41) is 0. The number of aromatic nitrogens is 2. The molecule has 7 heteroatoms. The first kappa shape index (κ1) is 14.8. The van der Waals surface area contributed by atoms with Crippen LogP contribution in [0.4, 0.5) is 5.69 Å². The second kappa shape index (κ2) is 5.28. The van der Waals surface area contributed by atoms with Crippen LogP contribution in [0.2, 0.25) is 0 Å². The molecule has 0 radical (unpaired) electrons. The Morgan fingerprint density at radius 1 is 1.43 bits per heavy atom. The zero-order valence-electron chi connectivity index (χ0n) is 12.1. The van der Waals surface area contributed by atoms with Crippen LogP contribution in [0.5, 0.6) is 0 Å². The fourth-order valence-electron chi connectivity index (χ4n) is 2.55. The molecule has 3 rings (SSSR count). The molecule has 1 aliphatic carbocycles. The van der Waals surface area contributed by atoms with E-state index >= 15 is 0 Å². The van der Waals surface area contributed by atoms with Gasteiger partial charge in [0.2, 0.25) is 10.0 Å². The number of hydrogen-bond donors (Lipinski definition) is 1. The van der Waals surface area contributed by atoms with E-state index in [1.165, 1.54) is 12.8 Å². The maximum atomic E-state index is 11.5. The van der Waals surface area contributed by atoms with Gasteiger partial charge >= 0.3 is 0 Å². The van der Waals surface area contributed by atoms with Gasteiger partial charge < -0.3 is 4.57 Å². The van der Waals surface area contributed by atoms with Gasteiger partial charge in [-0.3, -0.25) is 4.72 Å². The van der Waals surface area contributed by atoms with E-state index in [0.717, 1.165) is 46.5 Å². The summed E-state index contributed by atoms with van der Waals surface area (Å²) in [4.78, 5) is 4.65. The van der Waals surface area contributed by atoms with Gasteiger partial charge in [-0.1, -0.05) is 22.9 Å². The number of benzene rings is 1. The van der Waals surface area contributed by atoms with Crippen LogP contribution in [0.25, 0.3) is 11.0 Å². The molecule has 21 heavy (non-hydrogen) atoms. The third-order valence-electron chi connectivity index (χ3n) is 3.65. The highest BCUT2D eigenvalue weighted by Gasteiger charge is 2.25. The quantitative estimate of drug-likeness (QED) is 0.877. The molecule has 0 saturated heterocycles. The van der Waals surface area contributed by atoms with Crippen LogP contribution in [0.1, 0.15) is 25.6 Å². The number of fused-ring (bicyclic) bond motifs is 1. The van der Waals surface area contributed by atoms with Crippen molar-refractivity contribution in [2.24, 2.45) is 5.92 Å². The SMILES string of the molecule is CCc1nc2c(NS(C)(=O)=O)cc(Br)cc2n1CC1CC1. The lowest BCUT2D eigenvalue weighted by Gasteiger charge is -2.09. The molecule has 1 heterocycles. The highest BCUT2D eigenvalue weighted by molar-refractivity contribution is 9.10. The lowest BCUT2D eigenvalue weighted by atomic mass is 10.2. The van der Waals surface area contributed by atoms with E-state index in [1.807, 2.05) is 6.07 Å². The molecule has 0 bridgehead atoms. The molecular weight excluding hydrogens is 354 g/mol. The molecular formula is C14H18BrN3O2S. The molecule has 1 aliphatic rings. The number of halogens is 1. The smallest absolute Gasteiger partial charge is 0.229 e. The van der Waals surface area contributed by atoms with Gasteiger partial charge in [-0.25, -0.2) is 13.4 Å². The maximum absolute atomic E-state index is 11.5. The van der Waals surface area contributed by atoms with Crippen molar-refractivity contribution in [3.63, 3.8) is 0 Å². The third kappa shape index (κ3) is 3.23. The largest absolute Gasteiger partial charge is 0.328 e. The summed E-state index contributed by atoms with van der Waals surface area (Å²) in [5.41, 5.74) is 2.24. The monoisotopic (exact) mass is 371 g/mol. The van der Waals surface area contributed by atoms with Crippen molar-refractivity contribution in [2.45, 2.75) is 32.7 Å². The fourth-order valence-corrected chi connectivity index (χ4v) is 3.55. The van der Waals surface area contributed by atoms with Gasteiger partial charge in [0, 0.05) is 17.4 Å². The standard InChI is InChI=1S/C14H18BrN3O2S/c1-3-13-16-14-11(17-21(2,19)20)6-10(15)7-12(14)18(13)8-9-4-5-9/h6-7,9,17H,3-5,8H2,1-2H3. The molecule has 2 aromatic rings. The Morgan fingerprint density at radius 3 is 2.71 bits per heavy atom. The van der Waals surface area contributed by atoms with Crippen molar-refractivity contribution >= 4 is 42.7 Å². The normalized spacial score (nSPS) is 15.6. The Hall–Kier alpha value is -1.08. The molecule has 0 aliphatic heterocycles. The van der Waals surface area contributed by atoms with Crippen LogP contribution < -0.4 is 4.72 Å². The topological polar surface area (TPSA) is 64.0 Å². The average Bonchev–Trinajstić information content (AvgIpc) is 3.10. The summed E-state index contributed by atoms with van der Waals surface area (Å²) in [5.74, 6) is 1.74. The number of nitrogens with zero attached hydrogens (tertiary/aromatic N) is 2. The van der Waals surface area contributed by atoms with E-state index in [2.05, 4.69) is 37.1 Å². The molecule has 0 atom stereocenters. The number of sulfonamides is 1. The van der Waals surface area contributed by atoms with Gasteiger partial charge in [-0.2, -0.15) is 0 Å². The van der Waals surface area contributed by atoms with Crippen molar-refractivity contribution in [1.29, 1.82) is 0 Å². The Bertz CT molecular complexity index is 794. The first-order valence-corrected chi connectivity index (χ1v) is 9.72. The lowest BCUT2D eigenvalue weighted by molar-refractivity contribution is 0.607. The zero-order valence-corrected chi connectivity index (χ0v) is 14.5. The zero-order chi connectivity index (χ0) is 15.2. The van der Waals surface area contributed by atoms with Crippen LogP contribution in [-0.2, 0) is 23.0 Å². The van der Waals surface area contributed by atoms with Gasteiger partial charge in [-0.15, -0.1) is 0 Å². The maximum Gasteiger partial charge on any atom is 0.229 e. The van der Waals surface area contributed by atoms with Crippen LogP contribution >= 0.6 is 15.9 Å². The van der Waals surface area contributed by atoms with Crippen LogP contribution in [0, 0.1) is 5.92 Å². The van der Waals surface area contributed by atoms with E-state index in [-0.39, 0.29) is 0 Å². The molecule has 1 fully saturated rings. The van der Waals surface area contributed by atoms with Crippen LogP contribution in [-0.4, -0.2) is 24.2 Å². The van der Waals surface area contributed by atoms with Crippen molar-refractivity contribution in [2.75, 3.05) is 11.0 Å². The first-order chi connectivity index (χ1) is 9.87. The number of hydrogen-bond acceptors (Lipinski definition) is 3. The Kier molecular flexibility index (Phi) is 3.73. The third-order valence-corrected chi connectivity index (χ3v) is 4.70. The second-order valence-corrected chi connectivity index (χ2v) is 8.30. The highest BCUT2D eigenvalue weighted by Crippen LogP contribution is 2.35. The predicted molar refractivity (Wildman–Crippen MR) is 88.0 cm³/mol. The molecule has 1 aromatic carbocycles. The summed E-state index contributed by atoms with van der Waals surface area (Å²) >= 11 is 3.46. The van der Waals surface area contributed by atoms with Crippen LogP contribution in [0.3, 0.4) is 0 Å². The van der Waals surface area contributed by atoms with Crippen molar-refractivity contribution in [1.82, 2.24) is 9.55 Å². The van der Waals surface area contributed by atoms with E-state index < -0.39 is 10.0 Å². The van der Waals surface area contributed by atoms with E-state index in [4.69, 9.17) is 0 Å². The molecule has 5 nitrogen and oxygen atoms in total. The molecule has 1 N–H and O–H groups in total. The van der Waals surface area contributed by atoms with Gasteiger partial charge in [0.1, 0.15) is 11.3 Å². The van der Waals surface area contributed by atoms with Gasteiger partial charge in [0.15, 0.2) is 0 Å². The summed E-state index contributed by atoms with van der Waals surface area (Å²) in [6.45, 7) is 3.04. The molecule has 1 aromatic heterocycles. The summed E-state index contributed by atoms with van der Waals surface area (Å²) in [7, 11) is -3.33. The van der Waals surface area contributed by atoms with E-state index in [1.54, 1.807) is 6.07 Å². The van der Waals surface area contributed by atoms with Crippen molar-refractivity contribution in [3.8, 4) is 0 Å². The predicted octanol–water partition coefficient (Wildman–Crippen LogP) is 3.14. The minimum Gasteiger partial charge on any atom is -0.328 e. The molecule has 0 spiro atoms.